The molecule has 2 aromatic rings. The highest BCUT2D eigenvalue weighted by atomic mass is 32.1. The first-order chi connectivity index (χ1) is 8.63. The van der Waals surface area contributed by atoms with Gasteiger partial charge in [-0.25, -0.2) is 4.79 Å². The van der Waals surface area contributed by atoms with Crippen LogP contribution in [0.1, 0.15) is 21.5 Å². The third-order valence-corrected chi connectivity index (χ3v) is 3.55. The molecule has 3 nitrogen and oxygen atoms in total. The predicted molar refractivity (Wildman–Crippen MR) is 74.9 cm³/mol. The van der Waals surface area contributed by atoms with Crippen molar-refractivity contribution in [1.82, 2.24) is 0 Å². The number of rotatable bonds is 3. The Morgan fingerprint density at radius 2 is 1.89 bits per heavy atom. The molecule has 2 rings (SSSR count). The van der Waals surface area contributed by atoms with E-state index in [0.717, 1.165) is 22.5 Å². The molecule has 1 N–H and O–H groups in total. The summed E-state index contributed by atoms with van der Waals surface area (Å²) in [5.41, 5.74) is 4.71. The molecule has 0 amide bonds. The Morgan fingerprint density at radius 1 is 1.22 bits per heavy atom. The fraction of sp³-hybridized carbons (Fsp3) is 0.214. The average molecular weight is 261 g/mol. The Labute approximate surface area is 110 Å². The van der Waals surface area contributed by atoms with Crippen LogP contribution in [0.25, 0.3) is 0 Å². The molecule has 0 aliphatic rings. The van der Waals surface area contributed by atoms with Crippen LogP contribution >= 0.6 is 11.3 Å². The van der Waals surface area contributed by atoms with E-state index in [1.165, 1.54) is 18.4 Å². The van der Waals surface area contributed by atoms with Crippen molar-refractivity contribution in [2.24, 2.45) is 0 Å². The predicted octanol–water partition coefficient (Wildman–Crippen LogP) is 3.90. The number of carbonyl (C=O) groups is 1. The summed E-state index contributed by atoms with van der Waals surface area (Å²) in [7, 11) is 1.39. The maximum absolute atomic E-state index is 11.6. The zero-order chi connectivity index (χ0) is 13.1. The van der Waals surface area contributed by atoms with Gasteiger partial charge in [0, 0.05) is 16.4 Å². The minimum Gasteiger partial charge on any atom is -0.465 e. The van der Waals surface area contributed by atoms with E-state index in [4.69, 9.17) is 4.74 Å². The van der Waals surface area contributed by atoms with Crippen LogP contribution in [0, 0.1) is 13.8 Å². The second-order valence-electron chi connectivity index (χ2n) is 4.08. The Morgan fingerprint density at radius 3 is 2.50 bits per heavy atom. The van der Waals surface area contributed by atoms with Crippen molar-refractivity contribution in [2.75, 3.05) is 12.4 Å². The number of hydrogen-bond acceptors (Lipinski definition) is 4. The van der Waals surface area contributed by atoms with Crippen LogP contribution in [-0.2, 0) is 4.74 Å². The Balaban J connectivity index is 2.35. The van der Waals surface area contributed by atoms with Crippen molar-refractivity contribution in [3.63, 3.8) is 0 Å². The molecule has 0 saturated heterocycles. The molecule has 4 heteroatoms. The molecule has 0 aliphatic carbocycles. The van der Waals surface area contributed by atoms with Gasteiger partial charge >= 0.3 is 5.97 Å². The summed E-state index contributed by atoms with van der Waals surface area (Å²) in [4.78, 5) is 11.6. The summed E-state index contributed by atoms with van der Waals surface area (Å²) in [5, 5.41) is 7.02. The Bertz CT molecular complexity index is 555. The number of benzene rings is 1. The smallest absolute Gasteiger partial charge is 0.340 e. The summed E-state index contributed by atoms with van der Waals surface area (Å²) < 4.78 is 4.76. The fourth-order valence-electron chi connectivity index (χ4n) is 1.81. The lowest BCUT2D eigenvalue weighted by atomic mass is 10.1. The molecule has 1 heterocycles. The lowest BCUT2D eigenvalue weighted by Gasteiger charge is -2.12. The van der Waals surface area contributed by atoms with Crippen LogP contribution in [0.15, 0.2) is 29.0 Å². The van der Waals surface area contributed by atoms with Gasteiger partial charge in [-0.05, 0) is 25.0 Å². The van der Waals surface area contributed by atoms with Crippen LogP contribution in [0.5, 0.6) is 0 Å². The lowest BCUT2D eigenvalue weighted by Crippen LogP contribution is -2.04. The molecule has 0 aliphatic heterocycles. The van der Waals surface area contributed by atoms with E-state index in [-0.39, 0.29) is 5.97 Å². The summed E-state index contributed by atoms with van der Waals surface area (Å²) >= 11 is 1.48. The fourth-order valence-corrected chi connectivity index (χ4v) is 2.56. The number of para-hydroxylation sites is 1. The number of thiophene rings is 1. The largest absolute Gasteiger partial charge is 0.465 e. The zero-order valence-corrected chi connectivity index (χ0v) is 11.4. The number of esters is 1. The van der Waals surface area contributed by atoms with Crippen LogP contribution in [0.3, 0.4) is 0 Å². The van der Waals surface area contributed by atoms with Crippen molar-refractivity contribution in [3.05, 3.63) is 45.6 Å². The third-order valence-electron chi connectivity index (χ3n) is 2.81. The highest BCUT2D eigenvalue weighted by molar-refractivity contribution is 7.08. The molecule has 0 fully saturated rings. The summed E-state index contributed by atoms with van der Waals surface area (Å²) in [6, 6.07) is 6.10. The SMILES string of the molecule is COC(=O)c1cscc1Nc1c(C)cccc1C. The third kappa shape index (κ3) is 2.38. The summed E-state index contributed by atoms with van der Waals surface area (Å²) in [6.45, 7) is 4.08. The molecule has 0 unspecified atom stereocenters. The van der Waals surface area contributed by atoms with E-state index < -0.39 is 0 Å². The quantitative estimate of drug-likeness (QED) is 0.852. The van der Waals surface area contributed by atoms with Gasteiger partial charge in [-0.1, -0.05) is 18.2 Å². The molecular weight excluding hydrogens is 246 g/mol. The minimum atomic E-state index is -0.315. The second kappa shape index (κ2) is 5.23. The molecule has 0 bridgehead atoms. The molecule has 94 valence electrons. The van der Waals surface area contributed by atoms with Crippen LogP contribution < -0.4 is 5.32 Å². The van der Waals surface area contributed by atoms with Crippen molar-refractivity contribution < 1.29 is 9.53 Å². The van der Waals surface area contributed by atoms with Gasteiger partial charge in [0.2, 0.25) is 0 Å². The van der Waals surface area contributed by atoms with E-state index in [0.29, 0.717) is 5.56 Å². The number of methoxy groups -OCH3 is 1. The summed E-state index contributed by atoms with van der Waals surface area (Å²) in [6.07, 6.45) is 0. The lowest BCUT2D eigenvalue weighted by molar-refractivity contribution is 0.0602. The van der Waals surface area contributed by atoms with E-state index in [2.05, 4.69) is 5.32 Å². The Kier molecular flexibility index (Phi) is 3.67. The zero-order valence-electron chi connectivity index (χ0n) is 10.6. The van der Waals surface area contributed by atoms with Crippen LogP contribution in [0.4, 0.5) is 11.4 Å². The monoisotopic (exact) mass is 261 g/mol. The normalized spacial score (nSPS) is 10.2. The highest BCUT2D eigenvalue weighted by Crippen LogP contribution is 2.29. The molecule has 1 aromatic carbocycles. The van der Waals surface area contributed by atoms with Gasteiger partial charge in [-0.2, -0.15) is 0 Å². The first-order valence-corrected chi connectivity index (χ1v) is 6.55. The van der Waals surface area contributed by atoms with Crippen LogP contribution in [0.2, 0.25) is 0 Å². The maximum atomic E-state index is 11.6. The maximum Gasteiger partial charge on any atom is 0.340 e. The topological polar surface area (TPSA) is 38.3 Å². The number of ether oxygens (including phenoxy) is 1. The molecule has 0 atom stereocenters. The van der Waals surface area contributed by atoms with Gasteiger partial charge in [0.1, 0.15) is 0 Å². The number of carbonyl (C=O) groups excluding carboxylic acids is 1. The highest BCUT2D eigenvalue weighted by Gasteiger charge is 2.14. The molecule has 1 aromatic heterocycles. The number of aryl methyl sites for hydroxylation is 2. The Hall–Kier alpha value is -1.81. The number of nitrogens with one attached hydrogen (secondary N) is 1. The molecular formula is C14H15NO2S. The van der Waals surface area contributed by atoms with Gasteiger partial charge in [0.25, 0.3) is 0 Å². The molecule has 18 heavy (non-hydrogen) atoms. The van der Waals surface area contributed by atoms with E-state index in [1.807, 2.05) is 37.4 Å². The minimum absolute atomic E-state index is 0.315. The van der Waals surface area contributed by atoms with Gasteiger partial charge in [-0.3, -0.25) is 0 Å². The van der Waals surface area contributed by atoms with Gasteiger partial charge in [0.15, 0.2) is 0 Å². The number of anilines is 2. The van der Waals surface area contributed by atoms with E-state index >= 15 is 0 Å². The van der Waals surface area contributed by atoms with Gasteiger partial charge < -0.3 is 10.1 Å². The second-order valence-corrected chi connectivity index (χ2v) is 4.83. The molecule has 0 radical (unpaired) electrons. The van der Waals surface area contributed by atoms with Crippen molar-refractivity contribution in [3.8, 4) is 0 Å². The van der Waals surface area contributed by atoms with Gasteiger partial charge in [-0.15, -0.1) is 11.3 Å². The first kappa shape index (κ1) is 12.6. The first-order valence-electron chi connectivity index (χ1n) is 5.61. The molecule has 0 spiro atoms. The van der Waals surface area contributed by atoms with Crippen LogP contribution in [-0.4, -0.2) is 13.1 Å². The summed E-state index contributed by atoms with van der Waals surface area (Å²) in [5.74, 6) is -0.315. The molecule has 0 saturated carbocycles. The van der Waals surface area contributed by atoms with Gasteiger partial charge in [0.05, 0.1) is 18.4 Å². The van der Waals surface area contributed by atoms with Crippen molar-refractivity contribution in [2.45, 2.75) is 13.8 Å². The van der Waals surface area contributed by atoms with Crippen molar-refractivity contribution in [1.29, 1.82) is 0 Å². The number of hydrogen-bond donors (Lipinski definition) is 1. The average Bonchev–Trinajstić information content (AvgIpc) is 2.81. The van der Waals surface area contributed by atoms with E-state index in [1.54, 1.807) is 5.38 Å². The standard InChI is InChI=1S/C14H15NO2S/c1-9-5-4-6-10(2)13(9)15-12-8-18-7-11(12)14(16)17-3/h4-8,15H,1-3H3. The van der Waals surface area contributed by atoms with E-state index in [9.17, 15) is 4.79 Å². The van der Waals surface area contributed by atoms with Crippen molar-refractivity contribution >= 4 is 28.7 Å².